The van der Waals surface area contributed by atoms with E-state index in [2.05, 4.69) is 29.1 Å². The molecule has 1 saturated carbocycles. The molecule has 1 heterocycles. The summed E-state index contributed by atoms with van der Waals surface area (Å²) in [5.74, 6) is -0.291. The number of aliphatic imine (C=N–C) groups is 2. The number of carbonyl (C=O) groups is 1. The number of amides is 1. The Bertz CT molecular complexity index is 1040. The quantitative estimate of drug-likeness (QED) is 0.486. The predicted octanol–water partition coefficient (Wildman–Crippen LogP) is 4.57. The summed E-state index contributed by atoms with van der Waals surface area (Å²) in [4.78, 5) is 21.6. The average molecular weight is 434 g/mol. The first-order chi connectivity index (χ1) is 15.3. The summed E-state index contributed by atoms with van der Waals surface area (Å²) >= 11 is 0. The standard InChI is InChI=1S/C23H25N5O2.C2H6/c1-23(2)12-15(13-23)19(24)30-22(25)28-20-21(29)26-17-11-7-6-10-16(17)18(27-20)14-8-4-3-5-9-14;1-2/h3-11,15,20,24H,12-13H2,1-2H3,(H2,25,28)(H,26,29);1-2H3. The van der Waals surface area contributed by atoms with Crippen LogP contribution in [-0.2, 0) is 9.53 Å². The molecule has 7 heteroatoms. The molecule has 1 aliphatic carbocycles. The molecule has 32 heavy (non-hydrogen) atoms. The van der Waals surface area contributed by atoms with Crippen molar-refractivity contribution in [3.8, 4) is 0 Å². The maximum atomic E-state index is 12.8. The summed E-state index contributed by atoms with van der Waals surface area (Å²) in [6.45, 7) is 8.31. The fourth-order valence-electron chi connectivity index (χ4n) is 3.96. The molecule has 0 bridgehead atoms. The van der Waals surface area contributed by atoms with E-state index in [-0.39, 0.29) is 23.3 Å². The van der Waals surface area contributed by atoms with Gasteiger partial charge >= 0.3 is 0 Å². The zero-order valence-corrected chi connectivity index (χ0v) is 19.1. The summed E-state index contributed by atoms with van der Waals surface area (Å²) < 4.78 is 5.42. The zero-order chi connectivity index (χ0) is 23.3. The topological polar surface area (TPSA) is 113 Å². The first-order valence-corrected chi connectivity index (χ1v) is 11.0. The number of nitrogens with two attached hydrogens (primary N) is 1. The molecule has 1 amide bonds. The number of ether oxygens (including phenoxy) is 1. The first-order valence-electron chi connectivity index (χ1n) is 11.0. The molecule has 0 saturated heterocycles. The van der Waals surface area contributed by atoms with Crippen molar-refractivity contribution < 1.29 is 9.53 Å². The van der Waals surface area contributed by atoms with Gasteiger partial charge in [-0.05, 0) is 24.3 Å². The molecule has 0 radical (unpaired) electrons. The van der Waals surface area contributed by atoms with E-state index in [0.717, 1.165) is 24.0 Å². The van der Waals surface area contributed by atoms with Crippen molar-refractivity contribution >= 4 is 29.2 Å². The van der Waals surface area contributed by atoms with Gasteiger partial charge in [-0.3, -0.25) is 10.2 Å². The summed E-state index contributed by atoms with van der Waals surface area (Å²) in [5, 5.41) is 11.0. The van der Waals surface area contributed by atoms with Gasteiger partial charge in [0, 0.05) is 17.0 Å². The number of para-hydroxylation sites is 1. The Hall–Kier alpha value is -3.48. The SMILES string of the molecule is CC.CC1(C)CC(C(=N)O/C(N)=N/C2N=C(c3ccccc3)c3ccccc3NC2=O)C1. The van der Waals surface area contributed by atoms with Gasteiger partial charge in [-0.25, -0.2) is 4.99 Å². The van der Waals surface area contributed by atoms with Crippen LogP contribution in [0, 0.1) is 16.7 Å². The number of hydrogen-bond acceptors (Lipinski definition) is 5. The van der Waals surface area contributed by atoms with Crippen LogP contribution in [0.5, 0.6) is 0 Å². The van der Waals surface area contributed by atoms with Crippen molar-refractivity contribution in [2.75, 3.05) is 5.32 Å². The van der Waals surface area contributed by atoms with Gasteiger partial charge in [-0.15, -0.1) is 0 Å². The van der Waals surface area contributed by atoms with Gasteiger partial charge in [-0.2, -0.15) is 4.99 Å². The Morgan fingerprint density at radius 2 is 1.75 bits per heavy atom. The van der Waals surface area contributed by atoms with Crippen LogP contribution in [0.4, 0.5) is 5.69 Å². The molecule has 4 N–H and O–H groups in total. The van der Waals surface area contributed by atoms with Crippen molar-refractivity contribution in [3.63, 3.8) is 0 Å². The second-order valence-electron chi connectivity index (χ2n) is 8.46. The lowest BCUT2D eigenvalue weighted by molar-refractivity contribution is -0.117. The van der Waals surface area contributed by atoms with Gasteiger partial charge in [0.15, 0.2) is 5.90 Å². The number of benzodiazepines with no additional fused rings is 1. The minimum Gasteiger partial charge on any atom is -0.412 e. The number of fused-ring (bicyclic) bond motifs is 1. The Kier molecular flexibility index (Phi) is 7.08. The van der Waals surface area contributed by atoms with Crippen molar-refractivity contribution in [2.45, 2.75) is 46.7 Å². The van der Waals surface area contributed by atoms with Crippen molar-refractivity contribution in [1.82, 2.24) is 0 Å². The molecule has 0 aromatic heterocycles. The van der Waals surface area contributed by atoms with Gasteiger partial charge in [0.2, 0.25) is 6.17 Å². The third kappa shape index (κ3) is 5.22. The van der Waals surface area contributed by atoms with E-state index in [1.807, 2.05) is 68.4 Å². The van der Waals surface area contributed by atoms with Crippen LogP contribution < -0.4 is 11.1 Å². The molecule has 1 fully saturated rings. The van der Waals surface area contributed by atoms with Crippen LogP contribution in [-0.4, -0.2) is 29.7 Å². The largest absolute Gasteiger partial charge is 0.412 e. The smallest absolute Gasteiger partial charge is 0.291 e. The fraction of sp³-hybridized carbons (Fsp3) is 0.360. The number of anilines is 1. The highest BCUT2D eigenvalue weighted by atomic mass is 16.5. The summed E-state index contributed by atoms with van der Waals surface area (Å²) in [5.41, 5.74) is 9.12. The molecule has 1 unspecified atom stereocenters. The van der Waals surface area contributed by atoms with E-state index < -0.39 is 12.1 Å². The van der Waals surface area contributed by atoms with E-state index in [1.54, 1.807) is 0 Å². The number of rotatable bonds is 3. The highest BCUT2D eigenvalue weighted by molar-refractivity contribution is 6.19. The lowest BCUT2D eigenvalue weighted by Crippen LogP contribution is -2.39. The lowest BCUT2D eigenvalue weighted by atomic mass is 9.64. The number of nitrogens with zero attached hydrogens (tertiary/aromatic N) is 2. The average Bonchev–Trinajstić information content (AvgIpc) is 2.90. The Balaban J connectivity index is 0.00000141. The van der Waals surface area contributed by atoms with E-state index >= 15 is 0 Å². The second-order valence-corrected chi connectivity index (χ2v) is 8.46. The molecule has 2 aromatic carbocycles. The van der Waals surface area contributed by atoms with Crippen LogP contribution >= 0.6 is 0 Å². The van der Waals surface area contributed by atoms with Crippen LogP contribution in [0.25, 0.3) is 0 Å². The Labute approximate surface area is 189 Å². The molecule has 7 nitrogen and oxygen atoms in total. The Morgan fingerprint density at radius 3 is 2.41 bits per heavy atom. The van der Waals surface area contributed by atoms with E-state index in [0.29, 0.717) is 11.4 Å². The number of carbonyl (C=O) groups excluding carboxylic acids is 1. The van der Waals surface area contributed by atoms with Crippen LogP contribution in [0.15, 0.2) is 64.6 Å². The van der Waals surface area contributed by atoms with Gasteiger partial charge in [0.05, 0.1) is 11.4 Å². The normalized spacial score (nSPS) is 19.8. The van der Waals surface area contributed by atoms with E-state index in [9.17, 15) is 4.79 Å². The van der Waals surface area contributed by atoms with Gasteiger partial charge in [0.25, 0.3) is 11.9 Å². The highest BCUT2D eigenvalue weighted by Gasteiger charge is 2.40. The summed E-state index contributed by atoms with van der Waals surface area (Å²) in [6.07, 6.45) is 0.627. The summed E-state index contributed by atoms with van der Waals surface area (Å²) in [7, 11) is 0. The van der Waals surface area contributed by atoms with Gasteiger partial charge in [0.1, 0.15) is 0 Å². The van der Waals surface area contributed by atoms with Crippen LogP contribution in [0.3, 0.4) is 0 Å². The van der Waals surface area contributed by atoms with Crippen molar-refractivity contribution in [2.24, 2.45) is 27.1 Å². The minimum atomic E-state index is -1.11. The first kappa shape index (κ1) is 23.2. The predicted molar refractivity (Wildman–Crippen MR) is 129 cm³/mol. The lowest BCUT2D eigenvalue weighted by Gasteiger charge is -2.41. The Morgan fingerprint density at radius 1 is 1.12 bits per heavy atom. The number of nitrogens with one attached hydrogen (secondary N) is 2. The third-order valence-corrected chi connectivity index (χ3v) is 5.41. The van der Waals surface area contributed by atoms with Crippen molar-refractivity contribution in [1.29, 1.82) is 5.41 Å². The highest BCUT2D eigenvalue weighted by Crippen LogP contribution is 2.45. The van der Waals surface area contributed by atoms with Gasteiger partial charge in [-0.1, -0.05) is 76.2 Å². The maximum absolute atomic E-state index is 12.8. The summed E-state index contributed by atoms with van der Waals surface area (Å²) in [6, 6.07) is 16.9. The molecular weight excluding hydrogens is 402 g/mol. The number of benzene rings is 2. The van der Waals surface area contributed by atoms with E-state index in [1.165, 1.54) is 0 Å². The number of hydrogen-bond donors (Lipinski definition) is 3. The van der Waals surface area contributed by atoms with E-state index in [4.69, 9.17) is 15.9 Å². The minimum absolute atomic E-state index is 0.0318. The third-order valence-electron chi connectivity index (χ3n) is 5.41. The molecule has 1 aliphatic heterocycles. The molecule has 0 spiro atoms. The monoisotopic (exact) mass is 433 g/mol. The molecule has 168 valence electrons. The molecular formula is C25H31N5O2. The molecule has 4 rings (SSSR count). The molecule has 2 aliphatic rings. The zero-order valence-electron chi connectivity index (χ0n) is 19.1. The maximum Gasteiger partial charge on any atom is 0.291 e. The fourth-order valence-corrected chi connectivity index (χ4v) is 3.96. The van der Waals surface area contributed by atoms with Crippen LogP contribution in [0.2, 0.25) is 0 Å². The van der Waals surface area contributed by atoms with Gasteiger partial charge < -0.3 is 15.8 Å². The van der Waals surface area contributed by atoms with Crippen molar-refractivity contribution in [3.05, 3.63) is 65.7 Å². The van der Waals surface area contributed by atoms with Crippen LogP contribution in [0.1, 0.15) is 51.7 Å². The molecule has 1 atom stereocenters. The molecule has 2 aromatic rings. The second kappa shape index (κ2) is 9.77. The number of amidine groups is 1.